The summed E-state index contributed by atoms with van der Waals surface area (Å²) in [5.74, 6) is 0.812. The first-order chi connectivity index (χ1) is 14.5. The number of hydrogen-bond acceptors (Lipinski definition) is 7. The molecule has 3 N–H and O–H groups in total. The fraction of sp³-hybridized carbons (Fsp3) is 0.368. The third-order valence-corrected chi connectivity index (χ3v) is 5.76. The Morgan fingerprint density at radius 1 is 1.37 bits per heavy atom. The number of nitrogens with one attached hydrogen (secondary N) is 1. The molecule has 1 fully saturated rings. The molecule has 0 radical (unpaired) electrons. The number of fused-ring (bicyclic) bond motifs is 1. The molecule has 2 unspecified atom stereocenters. The van der Waals surface area contributed by atoms with E-state index in [1.54, 1.807) is 23.1 Å². The minimum absolute atomic E-state index is 0.109. The average Bonchev–Trinajstić information content (AvgIpc) is 2.77. The Bertz CT molecular complexity index is 997. The Morgan fingerprint density at radius 3 is 2.93 bits per heavy atom. The van der Waals surface area contributed by atoms with E-state index in [2.05, 4.69) is 19.1 Å². The highest BCUT2D eigenvalue weighted by atomic mass is 32.2. The number of rotatable bonds is 5. The number of nitrogens with two attached hydrogens (primary N) is 1. The van der Waals surface area contributed by atoms with Crippen LogP contribution in [0.5, 0.6) is 11.8 Å². The minimum atomic E-state index is -1.58. The fourth-order valence-corrected chi connectivity index (χ4v) is 4.23. The third kappa shape index (κ3) is 4.20. The molecule has 1 aromatic heterocycles. The Morgan fingerprint density at radius 2 is 2.17 bits per heavy atom. The molecule has 0 saturated carbocycles. The normalized spacial score (nSPS) is 20.6. The van der Waals surface area contributed by atoms with Crippen LogP contribution in [-0.4, -0.2) is 57.6 Å². The molecule has 1 saturated heterocycles. The van der Waals surface area contributed by atoms with Gasteiger partial charge in [-0.25, -0.2) is 14.2 Å². The number of anilines is 1. The van der Waals surface area contributed by atoms with Crippen molar-refractivity contribution in [3.63, 3.8) is 0 Å². The first kappa shape index (κ1) is 20.1. The largest absolute Gasteiger partial charge is 0.492 e. The van der Waals surface area contributed by atoms with Gasteiger partial charge in [-0.3, -0.25) is 9.52 Å². The van der Waals surface area contributed by atoms with Crippen molar-refractivity contribution in [3.05, 3.63) is 41.7 Å². The molecule has 3 heterocycles. The standard InChI is InChI=1S/C19H22N6O4S/c1-28-19-21-8-13(9-22-19)18(26)25-7-3-4-12(10-25)11-29-15-6-2-5-14-16(15)17(20)24-30(27)23-14/h2,5-6,8-9,12,23H,3-4,7,10-11H2,1H3,(H2,20,24). The highest BCUT2D eigenvalue weighted by molar-refractivity contribution is 7.85. The molecule has 0 spiro atoms. The van der Waals surface area contributed by atoms with Crippen LogP contribution in [0.3, 0.4) is 0 Å². The number of amides is 1. The minimum Gasteiger partial charge on any atom is -0.492 e. The molecule has 158 valence electrons. The van der Waals surface area contributed by atoms with Crippen molar-refractivity contribution in [2.45, 2.75) is 12.8 Å². The van der Waals surface area contributed by atoms with E-state index < -0.39 is 11.2 Å². The van der Waals surface area contributed by atoms with Crippen LogP contribution in [0, 0.1) is 5.92 Å². The van der Waals surface area contributed by atoms with Crippen molar-refractivity contribution in [3.8, 4) is 11.8 Å². The summed E-state index contributed by atoms with van der Waals surface area (Å²) in [5, 5.41) is 0. The fourth-order valence-electron chi connectivity index (χ4n) is 3.56. The van der Waals surface area contributed by atoms with E-state index in [0.717, 1.165) is 12.8 Å². The summed E-state index contributed by atoms with van der Waals surface area (Å²) >= 11 is -1.58. The van der Waals surface area contributed by atoms with Crippen LogP contribution in [0.1, 0.15) is 28.8 Å². The third-order valence-electron chi connectivity index (χ3n) is 5.00. The summed E-state index contributed by atoms with van der Waals surface area (Å²) in [6.45, 7) is 1.68. The van der Waals surface area contributed by atoms with Gasteiger partial charge in [0.1, 0.15) is 11.6 Å². The number of benzene rings is 1. The number of piperidine rings is 1. The van der Waals surface area contributed by atoms with E-state index in [0.29, 0.717) is 42.3 Å². The SMILES string of the molecule is COc1ncc(C(=O)N2CCCC(COc3cccc4c3C(N)=NS(=O)N4)C2)cn1. The number of nitrogens with zero attached hydrogens (tertiary/aromatic N) is 4. The Labute approximate surface area is 176 Å². The van der Waals surface area contributed by atoms with Gasteiger partial charge in [-0.05, 0) is 25.0 Å². The van der Waals surface area contributed by atoms with Crippen molar-refractivity contribution < 1.29 is 18.5 Å². The molecule has 0 bridgehead atoms. The molecule has 4 rings (SSSR count). The van der Waals surface area contributed by atoms with E-state index >= 15 is 0 Å². The maximum Gasteiger partial charge on any atom is 0.316 e. The molecule has 1 amide bonds. The zero-order valence-corrected chi connectivity index (χ0v) is 17.2. The van der Waals surface area contributed by atoms with Gasteiger partial charge in [0.25, 0.3) is 5.91 Å². The van der Waals surface area contributed by atoms with E-state index in [1.165, 1.54) is 19.5 Å². The van der Waals surface area contributed by atoms with Gasteiger partial charge in [0.2, 0.25) is 11.2 Å². The molecular formula is C19H22N6O4S. The van der Waals surface area contributed by atoms with Crippen LogP contribution in [0.15, 0.2) is 35.0 Å². The summed E-state index contributed by atoms with van der Waals surface area (Å²) < 4.78 is 29.2. The second-order valence-corrected chi connectivity index (χ2v) is 7.92. The van der Waals surface area contributed by atoms with E-state index in [9.17, 15) is 9.00 Å². The number of likely N-dealkylation sites (tertiary alicyclic amines) is 1. The summed E-state index contributed by atoms with van der Waals surface area (Å²) in [7, 11) is 1.48. The predicted octanol–water partition coefficient (Wildman–Crippen LogP) is 1.13. The first-order valence-corrected chi connectivity index (χ1v) is 10.6. The monoisotopic (exact) mass is 430 g/mol. The molecule has 11 heteroatoms. The van der Waals surface area contributed by atoms with E-state index in [-0.39, 0.29) is 23.7 Å². The van der Waals surface area contributed by atoms with Crippen LogP contribution in [0.4, 0.5) is 5.69 Å². The maximum atomic E-state index is 12.8. The van der Waals surface area contributed by atoms with Crippen LogP contribution in [0.2, 0.25) is 0 Å². The van der Waals surface area contributed by atoms with Gasteiger partial charge in [0.05, 0.1) is 30.5 Å². The Hall–Kier alpha value is -3.21. The van der Waals surface area contributed by atoms with Crippen molar-refractivity contribution >= 4 is 28.6 Å². The summed E-state index contributed by atoms with van der Waals surface area (Å²) in [6.07, 6.45) is 4.78. The number of carbonyl (C=O) groups is 1. The molecule has 2 atom stereocenters. The predicted molar refractivity (Wildman–Crippen MR) is 112 cm³/mol. The van der Waals surface area contributed by atoms with Crippen LogP contribution in [0.25, 0.3) is 0 Å². The second-order valence-electron chi connectivity index (χ2n) is 7.04. The van der Waals surface area contributed by atoms with Gasteiger partial charge < -0.3 is 20.1 Å². The van der Waals surface area contributed by atoms with Crippen molar-refractivity contribution in [2.24, 2.45) is 16.0 Å². The lowest BCUT2D eigenvalue weighted by atomic mass is 9.98. The molecule has 2 aliphatic rings. The zero-order valence-electron chi connectivity index (χ0n) is 16.4. The van der Waals surface area contributed by atoms with Crippen molar-refractivity contribution in [2.75, 3.05) is 31.5 Å². The number of aromatic nitrogens is 2. The number of methoxy groups -OCH3 is 1. The van der Waals surface area contributed by atoms with Gasteiger partial charge in [-0.2, -0.15) is 4.40 Å². The van der Waals surface area contributed by atoms with Gasteiger partial charge in [0, 0.05) is 31.4 Å². The second kappa shape index (κ2) is 8.66. The number of hydrogen-bond donors (Lipinski definition) is 2. The molecule has 10 nitrogen and oxygen atoms in total. The molecule has 2 aliphatic heterocycles. The molecule has 0 aliphatic carbocycles. The number of amidine groups is 1. The van der Waals surface area contributed by atoms with Crippen LogP contribution >= 0.6 is 0 Å². The highest BCUT2D eigenvalue weighted by Crippen LogP contribution is 2.30. The smallest absolute Gasteiger partial charge is 0.316 e. The Balaban J connectivity index is 1.41. The molecule has 30 heavy (non-hydrogen) atoms. The van der Waals surface area contributed by atoms with Crippen molar-refractivity contribution in [1.82, 2.24) is 14.9 Å². The topological polar surface area (TPSA) is 132 Å². The summed E-state index contributed by atoms with van der Waals surface area (Å²) in [6, 6.07) is 5.61. The van der Waals surface area contributed by atoms with Gasteiger partial charge >= 0.3 is 6.01 Å². The maximum absolute atomic E-state index is 12.8. The summed E-state index contributed by atoms with van der Waals surface area (Å²) in [4.78, 5) is 22.6. The molecule has 2 aromatic rings. The quantitative estimate of drug-likeness (QED) is 0.726. The first-order valence-electron chi connectivity index (χ1n) is 9.49. The number of ether oxygens (including phenoxy) is 2. The van der Waals surface area contributed by atoms with E-state index in [1.807, 2.05) is 0 Å². The van der Waals surface area contributed by atoms with Gasteiger partial charge in [-0.1, -0.05) is 6.07 Å². The van der Waals surface area contributed by atoms with Crippen LogP contribution < -0.4 is 19.9 Å². The van der Waals surface area contributed by atoms with Gasteiger partial charge in [0.15, 0.2) is 0 Å². The van der Waals surface area contributed by atoms with Crippen LogP contribution in [-0.2, 0) is 11.2 Å². The summed E-state index contributed by atoms with van der Waals surface area (Å²) in [5.41, 5.74) is 7.62. The van der Waals surface area contributed by atoms with Crippen molar-refractivity contribution in [1.29, 1.82) is 0 Å². The Kier molecular flexibility index (Phi) is 5.79. The average molecular weight is 430 g/mol. The van der Waals surface area contributed by atoms with E-state index in [4.69, 9.17) is 15.2 Å². The lowest BCUT2D eigenvalue weighted by Gasteiger charge is -2.32. The molecule has 1 aromatic carbocycles. The lowest BCUT2D eigenvalue weighted by molar-refractivity contribution is 0.0632. The zero-order chi connectivity index (χ0) is 21.1. The number of carbonyl (C=O) groups excluding carboxylic acids is 1. The highest BCUT2D eigenvalue weighted by Gasteiger charge is 2.26. The lowest BCUT2D eigenvalue weighted by Crippen LogP contribution is -2.41. The molecular weight excluding hydrogens is 408 g/mol. The van der Waals surface area contributed by atoms with Gasteiger partial charge in [-0.15, -0.1) is 0 Å².